The normalized spacial score (nSPS) is 19.9. The molecule has 1 saturated heterocycles. The van der Waals surface area contributed by atoms with E-state index in [4.69, 9.17) is 11.6 Å². The second-order valence-electron chi connectivity index (χ2n) is 4.46. The number of rotatable bonds is 4. The molecule has 1 aromatic heterocycles. The largest absolute Gasteiger partial charge is 0.355 e. The third kappa shape index (κ3) is 3.07. The van der Waals surface area contributed by atoms with E-state index in [1.54, 1.807) is 0 Å². The first kappa shape index (κ1) is 12.6. The van der Waals surface area contributed by atoms with Gasteiger partial charge in [0, 0.05) is 30.9 Å². The molecule has 0 aromatic carbocycles. The zero-order chi connectivity index (χ0) is 12.3. The Morgan fingerprint density at radius 3 is 3.00 bits per heavy atom. The summed E-state index contributed by atoms with van der Waals surface area (Å²) in [4.78, 5) is 10.8. The van der Waals surface area contributed by atoms with Crippen molar-refractivity contribution < 1.29 is 0 Å². The molecular formula is C12H19ClN4. The summed E-state index contributed by atoms with van der Waals surface area (Å²) in [6.07, 6.45) is 3.19. The van der Waals surface area contributed by atoms with Crippen LogP contribution in [0.2, 0.25) is 5.28 Å². The summed E-state index contributed by atoms with van der Waals surface area (Å²) in [5, 5.41) is 3.66. The Kier molecular flexibility index (Phi) is 4.18. The zero-order valence-electron chi connectivity index (χ0n) is 10.4. The zero-order valence-corrected chi connectivity index (χ0v) is 11.2. The maximum Gasteiger partial charge on any atom is 0.224 e. The van der Waals surface area contributed by atoms with E-state index < -0.39 is 0 Å². The van der Waals surface area contributed by atoms with Crippen LogP contribution in [0.4, 0.5) is 5.82 Å². The van der Waals surface area contributed by atoms with E-state index in [0.717, 1.165) is 43.9 Å². The van der Waals surface area contributed by atoms with Crippen molar-refractivity contribution in [3.8, 4) is 0 Å². The van der Waals surface area contributed by atoms with E-state index in [2.05, 4.69) is 33.2 Å². The molecule has 0 amide bonds. The molecule has 0 radical (unpaired) electrons. The van der Waals surface area contributed by atoms with E-state index in [9.17, 15) is 0 Å². The predicted octanol–water partition coefficient (Wildman–Crippen LogP) is 1.88. The predicted molar refractivity (Wildman–Crippen MR) is 70.7 cm³/mol. The molecule has 17 heavy (non-hydrogen) atoms. The summed E-state index contributed by atoms with van der Waals surface area (Å²) in [6, 6.07) is 2.62. The van der Waals surface area contributed by atoms with Gasteiger partial charge in [-0.25, -0.2) is 9.97 Å². The minimum Gasteiger partial charge on any atom is -0.355 e. The molecular weight excluding hydrogens is 236 g/mol. The highest BCUT2D eigenvalue weighted by Gasteiger charge is 2.22. The molecule has 0 bridgehead atoms. The van der Waals surface area contributed by atoms with Gasteiger partial charge in [-0.05, 0) is 31.5 Å². The summed E-state index contributed by atoms with van der Waals surface area (Å²) in [6.45, 7) is 4.17. The van der Waals surface area contributed by atoms with Crippen molar-refractivity contribution in [2.45, 2.75) is 32.2 Å². The lowest BCUT2D eigenvalue weighted by Crippen LogP contribution is -2.30. The van der Waals surface area contributed by atoms with Crippen LogP contribution in [0.1, 0.15) is 25.5 Å². The van der Waals surface area contributed by atoms with E-state index in [1.807, 2.05) is 7.05 Å². The molecule has 1 N–H and O–H groups in total. The third-order valence-corrected chi connectivity index (χ3v) is 3.33. The van der Waals surface area contributed by atoms with Crippen molar-refractivity contribution in [1.29, 1.82) is 0 Å². The first-order chi connectivity index (χ1) is 8.22. The average molecular weight is 255 g/mol. The minimum absolute atomic E-state index is 0.360. The maximum atomic E-state index is 5.97. The van der Waals surface area contributed by atoms with Gasteiger partial charge in [0.05, 0.1) is 0 Å². The Morgan fingerprint density at radius 1 is 1.53 bits per heavy atom. The smallest absolute Gasteiger partial charge is 0.224 e. The molecule has 5 heteroatoms. The molecule has 4 nitrogen and oxygen atoms in total. The van der Waals surface area contributed by atoms with Gasteiger partial charge in [0.1, 0.15) is 5.82 Å². The van der Waals surface area contributed by atoms with Crippen molar-refractivity contribution in [3.05, 3.63) is 17.0 Å². The van der Waals surface area contributed by atoms with Gasteiger partial charge >= 0.3 is 0 Å². The van der Waals surface area contributed by atoms with E-state index in [-0.39, 0.29) is 0 Å². The molecule has 1 aliphatic heterocycles. The van der Waals surface area contributed by atoms with Crippen LogP contribution in [-0.4, -0.2) is 36.1 Å². The summed E-state index contributed by atoms with van der Waals surface area (Å²) >= 11 is 5.97. The second-order valence-corrected chi connectivity index (χ2v) is 4.79. The Labute approximate surface area is 107 Å². The van der Waals surface area contributed by atoms with Gasteiger partial charge in [0.15, 0.2) is 0 Å². The number of hydrogen-bond acceptors (Lipinski definition) is 4. The van der Waals surface area contributed by atoms with Crippen LogP contribution >= 0.6 is 11.6 Å². The fourth-order valence-electron chi connectivity index (χ4n) is 2.20. The van der Waals surface area contributed by atoms with E-state index in [1.165, 1.54) is 0 Å². The standard InChI is InChI=1S/C12H19ClN4/c1-3-4-9-7-11(16-12(13)15-9)17-6-5-10(8-17)14-2/h7,10,14H,3-6,8H2,1-2H3/t10-/m0/s1. The first-order valence-electron chi connectivity index (χ1n) is 6.18. The molecule has 0 unspecified atom stereocenters. The number of likely N-dealkylation sites (N-methyl/N-ethyl adjacent to an activating group) is 1. The van der Waals surface area contributed by atoms with Crippen molar-refractivity contribution in [2.75, 3.05) is 25.0 Å². The topological polar surface area (TPSA) is 41.0 Å². The Balaban J connectivity index is 2.15. The van der Waals surface area contributed by atoms with Gasteiger partial charge in [-0.15, -0.1) is 0 Å². The number of nitrogens with zero attached hydrogens (tertiary/aromatic N) is 3. The number of halogens is 1. The monoisotopic (exact) mass is 254 g/mol. The highest BCUT2D eigenvalue weighted by Crippen LogP contribution is 2.20. The third-order valence-electron chi connectivity index (χ3n) is 3.17. The molecule has 2 rings (SSSR count). The fourth-order valence-corrected chi connectivity index (χ4v) is 2.40. The Morgan fingerprint density at radius 2 is 2.35 bits per heavy atom. The van der Waals surface area contributed by atoms with Crippen molar-refractivity contribution in [3.63, 3.8) is 0 Å². The van der Waals surface area contributed by atoms with Gasteiger partial charge in [-0.2, -0.15) is 0 Å². The fraction of sp³-hybridized carbons (Fsp3) is 0.667. The molecule has 2 heterocycles. The van der Waals surface area contributed by atoms with E-state index in [0.29, 0.717) is 11.3 Å². The maximum absolute atomic E-state index is 5.97. The molecule has 1 aromatic rings. The summed E-state index contributed by atoms with van der Waals surface area (Å²) in [5.74, 6) is 0.964. The quantitative estimate of drug-likeness (QED) is 0.833. The second kappa shape index (κ2) is 5.65. The van der Waals surface area contributed by atoms with Crippen molar-refractivity contribution >= 4 is 17.4 Å². The van der Waals surface area contributed by atoms with E-state index >= 15 is 0 Å². The minimum atomic E-state index is 0.360. The number of aryl methyl sites for hydroxylation is 1. The van der Waals surface area contributed by atoms with Gasteiger partial charge in [0.25, 0.3) is 0 Å². The lowest BCUT2D eigenvalue weighted by molar-refractivity contribution is 0.616. The lowest BCUT2D eigenvalue weighted by Gasteiger charge is -2.18. The first-order valence-corrected chi connectivity index (χ1v) is 6.56. The number of aromatic nitrogens is 2. The SMILES string of the molecule is CCCc1cc(N2CC[C@H](NC)C2)nc(Cl)n1. The molecule has 1 atom stereocenters. The van der Waals surface area contributed by atoms with Crippen molar-refractivity contribution in [1.82, 2.24) is 15.3 Å². The number of anilines is 1. The highest BCUT2D eigenvalue weighted by molar-refractivity contribution is 6.28. The number of nitrogens with one attached hydrogen (secondary N) is 1. The average Bonchev–Trinajstić information content (AvgIpc) is 2.77. The molecule has 94 valence electrons. The van der Waals surface area contributed by atoms with Gasteiger partial charge in [0.2, 0.25) is 5.28 Å². The van der Waals surface area contributed by atoms with Crippen LogP contribution in [0.3, 0.4) is 0 Å². The van der Waals surface area contributed by atoms with Crippen LogP contribution < -0.4 is 10.2 Å². The van der Waals surface area contributed by atoms with Gasteiger partial charge in [-0.3, -0.25) is 0 Å². The summed E-state index contributed by atoms with van der Waals surface area (Å²) in [5.41, 5.74) is 1.04. The van der Waals surface area contributed by atoms with Crippen LogP contribution in [0.25, 0.3) is 0 Å². The summed E-state index contributed by atoms with van der Waals surface area (Å²) in [7, 11) is 2.00. The van der Waals surface area contributed by atoms with Gasteiger partial charge in [-0.1, -0.05) is 13.3 Å². The van der Waals surface area contributed by atoms with Gasteiger partial charge < -0.3 is 10.2 Å². The van der Waals surface area contributed by atoms with Crippen LogP contribution in [0.15, 0.2) is 6.07 Å². The lowest BCUT2D eigenvalue weighted by atomic mass is 10.2. The van der Waals surface area contributed by atoms with Crippen LogP contribution in [-0.2, 0) is 6.42 Å². The molecule has 1 aliphatic rings. The van der Waals surface area contributed by atoms with Crippen LogP contribution in [0, 0.1) is 0 Å². The molecule has 0 saturated carbocycles. The highest BCUT2D eigenvalue weighted by atomic mass is 35.5. The molecule has 1 fully saturated rings. The van der Waals surface area contributed by atoms with Crippen molar-refractivity contribution in [2.24, 2.45) is 0 Å². The Bertz CT molecular complexity index is 383. The summed E-state index contributed by atoms with van der Waals surface area (Å²) < 4.78 is 0. The number of hydrogen-bond donors (Lipinski definition) is 1. The molecule has 0 aliphatic carbocycles. The molecule has 0 spiro atoms. The Hall–Kier alpha value is -0.870. The van der Waals surface area contributed by atoms with Crippen LogP contribution in [0.5, 0.6) is 0 Å².